The molecular weight excluding hydrogens is 703 g/mol. The second-order valence-electron chi connectivity index (χ2n) is 19.8. The lowest BCUT2D eigenvalue weighted by Crippen LogP contribution is -2.50. The second-order valence-corrected chi connectivity index (χ2v) is 29.3. The first kappa shape index (κ1) is 53.7. The summed E-state index contributed by atoms with van der Waals surface area (Å²) >= 11 is 0. The smallest absolute Gasteiger partial charge is 0.334 e. The van der Waals surface area contributed by atoms with Crippen LogP contribution in [0.15, 0.2) is 0 Å². The van der Waals surface area contributed by atoms with Gasteiger partial charge in [0.2, 0.25) is 0 Å². The monoisotopic (exact) mass is 800 g/mol. The van der Waals surface area contributed by atoms with Gasteiger partial charge < -0.3 is 18.7 Å². The zero-order valence-corrected chi connectivity index (χ0v) is 40.9. The molecule has 3 atom stereocenters. The van der Waals surface area contributed by atoms with Gasteiger partial charge in [0.05, 0.1) is 18.8 Å². The zero-order valence-electron chi connectivity index (χ0n) is 38.9. The molecular formula is C46H97NO5Si2. The summed E-state index contributed by atoms with van der Waals surface area (Å²) in [5, 5.41) is 10.9. The van der Waals surface area contributed by atoms with Gasteiger partial charge in [-0.3, -0.25) is 4.90 Å². The first-order valence-electron chi connectivity index (χ1n) is 23.2. The van der Waals surface area contributed by atoms with E-state index in [9.17, 15) is 9.90 Å². The molecule has 324 valence electrons. The minimum atomic E-state index is -1.99. The number of aliphatic hydroxyl groups is 1. The number of hydrogen-bond donors (Lipinski definition) is 1. The van der Waals surface area contributed by atoms with E-state index in [2.05, 4.69) is 93.4 Å². The lowest BCUT2D eigenvalue weighted by molar-refractivity contribution is -0.154. The van der Waals surface area contributed by atoms with Crippen LogP contribution >= 0.6 is 0 Å². The van der Waals surface area contributed by atoms with Crippen LogP contribution in [0.5, 0.6) is 0 Å². The van der Waals surface area contributed by atoms with Crippen molar-refractivity contribution in [2.45, 2.75) is 265 Å². The quantitative estimate of drug-likeness (QED) is 0.0391. The van der Waals surface area contributed by atoms with E-state index in [4.69, 9.17) is 13.6 Å². The van der Waals surface area contributed by atoms with E-state index in [0.717, 1.165) is 58.2 Å². The number of carbonyl (C=O) groups is 1. The molecule has 0 saturated heterocycles. The highest BCUT2D eigenvalue weighted by atomic mass is 28.4. The van der Waals surface area contributed by atoms with Gasteiger partial charge in [-0.2, -0.15) is 0 Å². The van der Waals surface area contributed by atoms with E-state index in [1.807, 2.05) is 0 Å². The highest BCUT2D eigenvalue weighted by Gasteiger charge is 2.41. The molecule has 0 aromatic rings. The van der Waals surface area contributed by atoms with E-state index in [-0.39, 0.29) is 22.3 Å². The lowest BCUT2D eigenvalue weighted by Gasteiger charge is -2.42. The van der Waals surface area contributed by atoms with Gasteiger partial charge >= 0.3 is 5.97 Å². The number of unbranched alkanes of at least 4 members (excludes halogenated alkanes) is 16. The summed E-state index contributed by atoms with van der Waals surface area (Å²) in [5.41, 5.74) is 0. The topological polar surface area (TPSA) is 68.2 Å². The van der Waals surface area contributed by atoms with Crippen LogP contribution < -0.4 is 0 Å². The first-order valence-corrected chi connectivity index (χ1v) is 29.1. The van der Waals surface area contributed by atoms with Crippen LogP contribution in [0, 0.1) is 0 Å². The Balaban J connectivity index is 6.05. The van der Waals surface area contributed by atoms with Gasteiger partial charge in [0.15, 0.2) is 22.7 Å². The van der Waals surface area contributed by atoms with Crippen molar-refractivity contribution in [3.05, 3.63) is 0 Å². The molecule has 0 aliphatic rings. The van der Waals surface area contributed by atoms with Gasteiger partial charge in [-0.25, -0.2) is 4.79 Å². The average Bonchev–Trinajstić information content (AvgIpc) is 3.07. The molecule has 0 heterocycles. The molecule has 0 fully saturated rings. The molecule has 0 aliphatic carbocycles. The lowest BCUT2D eigenvalue weighted by atomic mass is 10.0. The number of aliphatic hydroxyl groups excluding tert-OH is 1. The van der Waals surface area contributed by atoms with Crippen molar-refractivity contribution in [1.29, 1.82) is 0 Å². The van der Waals surface area contributed by atoms with Gasteiger partial charge in [-0.1, -0.05) is 171 Å². The van der Waals surface area contributed by atoms with Crippen LogP contribution in [0.2, 0.25) is 36.3 Å². The first-order chi connectivity index (χ1) is 25.3. The number of carbonyl (C=O) groups excluding carboxylic acids is 1. The third-order valence-electron chi connectivity index (χ3n) is 12.4. The Morgan fingerprint density at radius 3 is 1.26 bits per heavy atom. The Morgan fingerprint density at radius 2 is 0.889 bits per heavy atom. The van der Waals surface area contributed by atoms with E-state index in [1.165, 1.54) is 103 Å². The molecule has 54 heavy (non-hydrogen) atoms. The van der Waals surface area contributed by atoms with Crippen LogP contribution in [0.3, 0.4) is 0 Å². The fraction of sp³-hybridized carbons (Fsp3) is 0.978. The minimum absolute atomic E-state index is 0.155. The van der Waals surface area contributed by atoms with Crippen LogP contribution in [-0.2, 0) is 18.4 Å². The Morgan fingerprint density at radius 1 is 0.537 bits per heavy atom. The molecule has 0 aromatic carbocycles. The van der Waals surface area contributed by atoms with Gasteiger partial charge in [-0.05, 0) is 81.3 Å². The molecule has 6 nitrogen and oxygen atoms in total. The van der Waals surface area contributed by atoms with Crippen molar-refractivity contribution in [3.8, 4) is 0 Å². The fourth-order valence-electron chi connectivity index (χ4n) is 6.61. The highest BCUT2D eigenvalue weighted by molar-refractivity contribution is 6.74. The number of ether oxygens (including phenoxy) is 1. The van der Waals surface area contributed by atoms with Gasteiger partial charge in [-0.15, -0.1) is 0 Å². The van der Waals surface area contributed by atoms with Crippen molar-refractivity contribution < 1.29 is 23.5 Å². The minimum Gasteiger partial charge on any atom is -0.464 e. The molecule has 1 N–H and O–H groups in total. The standard InChI is InChI=1S/C46H97NO5Si2/c1-14-17-20-22-24-26-28-30-34-41(51-53(10,11)45(4,5)6)39-47(37-33-32-36-43(48)44(49)50-38-19-16-3)40-42(52-54(12,13)46(7,8)9)35-31-29-27-25-23-21-18-15-2/h41-43,48H,14-40H2,1-13H3/t41-,42-,43?/m1/s1. The van der Waals surface area contributed by atoms with Crippen LogP contribution in [0.1, 0.15) is 210 Å². The zero-order chi connectivity index (χ0) is 41.1. The van der Waals surface area contributed by atoms with Crippen LogP contribution in [-0.4, -0.2) is 77.2 Å². The molecule has 8 heteroatoms. The third kappa shape index (κ3) is 25.9. The summed E-state index contributed by atoms with van der Waals surface area (Å²) in [5.74, 6) is -0.471. The maximum absolute atomic E-state index is 12.4. The number of rotatable bonds is 35. The van der Waals surface area contributed by atoms with Crippen molar-refractivity contribution in [2.24, 2.45) is 0 Å². The molecule has 0 aromatic heterocycles. The van der Waals surface area contributed by atoms with Crippen molar-refractivity contribution in [3.63, 3.8) is 0 Å². The third-order valence-corrected chi connectivity index (χ3v) is 21.5. The maximum Gasteiger partial charge on any atom is 0.334 e. The molecule has 0 spiro atoms. The van der Waals surface area contributed by atoms with E-state index >= 15 is 0 Å². The maximum atomic E-state index is 12.4. The second kappa shape index (κ2) is 29.9. The van der Waals surface area contributed by atoms with E-state index < -0.39 is 28.7 Å². The van der Waals surface area contributed by atoms with Crippen LogP contribution in [0.25, 0.3) is 0 Å². The Labute approximate surface area is 340 Å². The molecule has 0 bridgehead atoms. The molecule has 1 unspecified atom stereocenters. The summed E-state index contributed by atoms with van der Waals surface area (Å²) in [6, 6.07) is 0. The Bertz CT molecular complexity index is 847. The predicted octanol–water partition coefficient (Wildman–Crippen LogP) is 14.0. The summed E-state index contributed by atoms with van der Waals surface area (Å²) in [7, 11) is -3.97. The molecule has 0 rings (SSSR count). The Hall–Kier alpha value is -0.256. The summed E-state index contributed by atoms with van der Waals surface area (Å²) in [4.78, 5) is 15.0. The summed E-state index contributed by atoms with van der Waals surface area (Å²) < 4.78 is 19.8. The largest absolute Gasteiger partial charge is 0.464 e. The van der Waals surface area contributed by atoms with Crippen LogP contribution in [0.4, 0.5) is 0 Å². The van der Waals surface area contributed by atoms with Gasteiger partial charge in [0.1, 0.15) is 0 Å². The highest BCUT2D eigenvalue weighted by Crippen LogP contribution is 2.39. The van der Waals surface area contributed by atoms with Gasteiger partial charge in [0.25, 0.3) is 0 Å². The molecule has 0 radical (unpaired) electrons. The summed E-state index contributed by atoms with van der Waals surface area (Å²) in [6.07, 6.45) is 26.7. The SMILES string of the molecule is CCCCCCCCCC[C@H](CN(CCCCC(O)C(=O)OCCCC)C[C@@H](CCCCCCCCCC)O[Si](C)(C)C(C)(C)C)O[Si](C)(C)C(C)(C)C. The summed E-state index contributed by atoms with van der Waals surface area (Å²) in [6.45, 7) is 33.6. The average molecular weight is 800 g/mol. The van der Waals surface area contributed by atoms with Crippen molar-refractivity contribution >= 4 is 22.6 Å². The molecule has 0 aliphatic heterocycles. The van der Waals surface area contributed by atoms with Crippen molar-refractivity contribution in [2.75, 3.05) is 26.2 Å². The Kier molecular flexibility index (Phi) is 29.7. The van der Waals surface area contributed by atoms with E-state index in [0.29, 0.717) is 13.0 Å². The predicted molar refractivity (Wildman–Crippen MR) is 241 cm³/mol. The number of nitrogens with zero attached hydrogens (tertiary/aromatic N) is 1. The van der Waals surface area contributed by atoms with Gasteiger partial charge in [0, 0.05) is 13.1 Å². The number of hydrogen-bond acceptors (Lipinski definition) is 6. The normalized spacial score (nSPS) is 14.8. The van der Waals surface area contributed by atoms with E-state index in [1.54, 1.807) is 0 Å². The number of esters is 1. The van der Waals surface area contributed by atoms with Crippen molar-refractivity contribution in [1.82, 2.24) is 4.90 Å². The fourth-order valence-corrected chi connectivity index (χ4v) is 9.37. The molecule has 0 saturated carbocycles. The molecule has 0 amide bonds.